The van der Waals surface area contributed by atoms with E-state index in [2.05, 4.69) is 18.9 Å². The molecule has 1 nitrogen and oxygen atoms in total. The van der Waals surface area contributed by atoms with Gasteiger partial charge in [-0.3, -0.25) is 4.79 Å². The average Bonchev–Trinajstić information content (AvgIpc) is 1.94. The number of ketones is 1. The van der Waals surface area contributed by atoms with Crippen molar-refractivity contribution in [2.75, 3.05) is 0 Å². The molecule has 3 rings (SSSR count). The highest BCUT2D eigenvalue weighted by atomic mass is 16.1. The quantitative estimate of drug-likeness (QED) is 0.364. The highest BCUT2D eigenvalue weighted by Gasteiger charge is 2.69. The first kappa shape index (κ1) is 8.52. The fraction of sp³-hybridized carbons (Fsp3) is 0.500. The van der Waals surface area contributed by atoms with Crippen molar-refractivity contribution >= 4 is 5.78 Å². The van der Waals surface area contributed by atoms with Crippen LogP contribution >= 0.6 is 0 Å². The van der Waals surface area contributed by atoms with Crippen molar-refractivity contribution in [1.29, 1.82) is 0 Å². The molecule has 0 amide bonds. The van der Waals surface area contributed by atoms with Crippen molar-refractivity contribution in [3.63, 3.8) is 0 Å². The predicted molar refractivity (Wildman–Crippen MR) is 52.2 cm³/mol. The molecule has 0 spiro atoms. The third-order valence-electron chi connectivity index (χ3n) is 3.47. The van der Waals surface area contributed by atoms with Crippen molar-refractivity contribution < 1.29 is 4.79 Å². The van der Waals surface area contributed by atoms with E-state index in [1.165, 1.54) is 6.08 Å². The van der Waals surface area contributed by atoms with Crippen LogP contribution in [0.5, 0.6) is 0 Å². The van der Waals surface area contributed by atoms with Crippen LogP contribution in [0.1, 0.15) is 25.7 Å². The van der Waals surface area contributed by atoms with Gasteiger partial charge >= 0.3 is 0 Å². The lowest BCUT2D eigenvalue weighted by molar-refractivity contribution is -0.199. The fourth-order valence-electron chi connectivity index (χ4n) is 3.03. The Morgan fingerprint density at radius 1 is 1.46 bits per heavy atom. The standard InChI is InChI=1S/C12H14O/c1-3-5-10(13)12-7-11(8-12,9-12)6-4-2/h4-5H,1-2,6-9H2. The molecule has 0 aliphatic heterocycles. The summed E-state index contributed by atoms with van der Waals surface area (Å²) in [5.74, 6) is 0.230. The molecule has 1 heteroatoms. The number of carbonyl (C=O) groups is 1. The molecule has 0 saturated heterocycles. The summed E-state index contributed by atoms with van der Waals surface area (Å²) in [6.45, 7) is 7.17. The lowest BCUT2D eigenvalue weighted by Gasteiger charge is -2.69. The Balaban J connectivity index is 1.99. The van der Waals surface area contributed by atoms with Gasteiger partial charge in [0, 0.05) is 11.5 Å². The van der Waals surface area contributed by atoms with Crippen LogP contribution in [-0.2, 0) is 4.79 Å². The maximum atomic E-state index is 11.5. The zero-order valence-corrected chi connectivity index (χ0v) is 7.81. The van der Waals surface area contributed by atoms with Gasteiger partial charge in [-0.05, 0) is 31.1 Å². The lowest BCUT2D eigenvalue weighted by Crippen LogP contribution is -2.64. The van der Waals surface area contributed by atoms with Crippen LogP contribution in [0.25, 0.3) is 0 Å². The number of rotatable bonds is 4. The van der Waals surface area contributed by atoms with Crippen molar-refractivity contribution in [1.82, 2.24) is 0 Å². The molecule has 13 heavy (non-hydrogen) atoms. The van der Waals surface area contributed by atoms with Gasteiger partial charge in [-0.2, -0.15) is 0 Å². The summed E-state index contributed by atoms with van der Waals surface area (Å²) in [5, 5.41) is 0. The molecule has 3 saturated carbocycles. The Morgan fingerprint density at radius 2 is 2.08 bits per heavy atom. The highest BCUT2D eigenvalue weighted by molar-refractivity contribution is 5.97. The minimum Gasteiger partial charge on any atom is -0.294 e. The molecule has 0 radical (unpaired) electrons. The van der Waals surface area contributed by atoms with E-state index < -0.39 is 0 Å². The van der Waals surface area contributed by atoms with Gasteiger partial charge in [-0.15, -0.1) is 12.3 Å². The van der Waals surface area contributed by atoms with Gasteiger partial charge in [0.2, 0.25) is 0 Å². The van der Waals surface area contributed by atoms with Gasteiger partial charge in [0.15, 0.2) is 5.78 Å². The molecule has 2 bridgehead atoms. The molecule has 0 unspecified atom stereocenters. The summed E-state index contributed by atoms with van der Waals surface area (Å²) in [5.41, 5.74) is 3.01. The van der Waals surface area contributed by atoms with E-state index in [9.17, 15) is 4.79 Å². The van der Waals surface area contributed by atoms with E-state index in [1.807, 2.05) is 6.08 Å². The third-order valence-corrected chi connectivity index (χ3v) is 3.47. The smallest absolute Gasteiger partial charge is 0.169 e. The summed E-state index contributed by atoms with van der Waals surface area (Å²) in [7, 11) is 0. The van der Waals surface area contributed by atoms with E-state index in [1.54, 1.807) is 0 Å². The molecule has 3 aliphatic carbocycles. The molecule has 3 fully saturated rings. The molecule has 0 aromatic carbocycles. The monoisotopic (exact) mass is 174 g/mol. The normalized spacial score (nSPS) is 39.4. The van der Waals surface area contributed by atoms with Crippen LogP contribution < -0.4 is 0 Å². The molecule has 3 aliphatic rings. The van der Waals surface area contributed by atoms with E-state index in [4.69, 9.17) is 0 Å². The zero-order chi connectivity index (χ0) is 9.53. The first-order valence-corrected chi connectivity index (χ1v) is 4.68. The predicted octanol–water partition coefficient (Wildman–Crippen LogP) is 2.64. The first-order valence-electron chi connectivity index (χ1n) is 4.68. The summed E-state index contributed by atoms with van der Waals surface area (Å²) >= 11 is 0. The Labute approximate surface area is 78.8 Å². The van der Waals surface area contributed by atoms with Crippen LogP contribution in [-0.4, -0.2) is 5.78 Å². The van der Waals surface area contributed by atoms with Crippen molar-refractivity contribution in [2.45, 2.75) is 25.7 Å². The van der Waals surface area contributed by atoms with E-state index >= 15 is 0 Å². The fourth-order valence-corrected chi connectivity index (χ4v) is 3.03. The molecule has 0 aromatic heterocycles. The zero-order valence-electron chi connectivity index (χ0n) is 7.81. The topological polar surface area (TPSA) is 17.1 Å². The van der Waals surface area contributed by atoms with Crippen LogP contribution in [0, 0.1) is 10.8 Å². The molecular weight excluding hydrogens is 160 g/mol. The largest absolute Gasteiger partial charge is 0.294 e. The molecule has 0 N–H and O–H groups in total. The Bertz CT molecular complexity index is 298. The van der Waals surface area contributed by atoms with E-state index in [-0.39, 0.29) is 11.2 Å². The van der Waals surface area contributed by atoms with Gasteiger partial charge in [-0.25, -0.2) is 0 Å². The van der Waals surface area contributed by atoms with E-state index in [0.717, 1.165) is 25.7 Å². The van der Waals surface area contributed by atoms with Crippen molar-refractivity contribution in [3.05, 3.63) is 31.0 Å². The first-order chi connectivity index (χ1) is 6.16. The molecule has 68 valence electrons. The Hall–Kier alpha value is -1.07. The SMILES string of the molecule is C=C=CC(=O)C12CC(CC=C)(C1)C2. The second-order valence-corrected chi connectivity index (χ2v) is 4.52. The number of hydrogen-bond acceptors (Lipinski definition) is 1. The summed E-state index contributed by atoms with van der Waals surface area (Å²) in [6.07, 6.45) is 7.71. The van der Waals surface area contributed by atoms with Gasteiger partial charge in [0.1, 0.15) is 0 Å². The van der Waals surface area contributed by atoms with Gasteiger partial charge in [0.05, 0.1) is 0 Å². The lowest BCUT2D eigenvalue weighted by atomic mass is 9.33. The van der Waals surface area contributed by atoms with Gasteiger partial charge in [-0.1, -0.05) is 12.7 Å². The van der Waals surface area contributed by atoms with Crippen LogP contribution in [0.4, 0.5) is 0 Å². The summed E-state index contributed by atoms with van der Waals surface area (Å²) in [4.78, 5) is 11.5. The molecular formula is C12H14O. The summed E-state index contributed by atoms with van der Waals surface area (Å²) < 4.78 is 0. The summed E-state index contributed by atoms with van der Waals surface area (Å²) in [6, 6.07) is 0. The van der Waals surface area contributed by atoms with Crippen molar-refractivity contribution in [2.24, 2.45) is 10.8 Å². The highest BCUT2D eigenvalue weighted by Crippen LogP contribution is 2.75. The molecule has 0 atom stereocenters. The van der Waals surface area contributed by atoms with Gasteiger partial charge in [0.25, 0.3) is 0 Å². The minimum absolute atomic E-state index is 0.00625. The second-order valence-electron chi connectivity index (χ2n) is 4.52. The Kier molecular flexibility index (Phi) is 1.61. The third kappa shape index (κ3) is 0.973. The maximum absolute atomic E-state index is 11.5. The Morgan fingerprint density at radius 3 is 2.54 bits per heavy atom. The van der Waals surface area contributed by atoms with Crippen molar-refractivity contribution in [3.8, 4) is 0 Å². The van der Waals surface area contributed by atoms with Crippen LogP contribution in [0.15, 0.2) is 31.0 Å². The van der Waals surface area contributed by atoms with Crippen LogP contribution in [0.2, 0.25) is 0 Å². The number of hydrogen-bond donors (Lipinski definition) is 0. The minimum atomic E-state index is -0.00625. The number of allylic oxidation sites excluding steroid dienone is 2. The second kappa shape index (κ2) is 2.46. The van der Waals surface area contributed by atoms with E-state index in [0.29, 0.717) is 5.41 Å². The molecule has 0 aromatic rings. The van der Waals surface area contributed by atoms with Crippen LogP contribution in [0.3, 0.4) is 0 Å². The molecule has 0 heterocycles. The maximum Gasteiger partial charge on any atom is 0.169 e. The average molecular weight is 174 g/mol. The van der Waals surface area contributed by atoms with Gasteiger partial charge < -0.3 is 0 Å². The number of carbonyl (C=O) groups excluding carboxylic acids is 1.